The van der Waals surface area contributed by atoms with Crippen molar-refractivity contribution in [3.05, 3.63) is 90.0 Å². The fourth-order valence-electron chi connectivity index (χ4n) is 2.33. The summed E-state index contributed by atoms with van der Waals surface area (Å²) in [4.78, 5) is 12.0. The third kappa shape index (κ3) is 4.62. The Morgan fingerprint density at radius 3 is 2.35 bits per heavy atom. The van der Waals surface area contributed by atoms with Crippen LogP contribution in [0.4, 0.5) is 10.5 Å². The normalized spacial score (nSPS) is 9.81. The largest absolute Gasteiger partial charge is 0.456 e. The molecular formula is C21H17N3O2. The summed E-state index contributed by atoms with van der Waals surface area (Å²) in [5, 5.41) is 14.7. The second-order valence-corrected chi connectivity index (χ2v) is 5.53. The molecule has 5 heteroatoms. The van der Waals surface area contributed by atoms with Crippen molar-refractivity contribution in [2.75, 3.05) is 5.32 Å². The number of nitrogens with zero attached hydrogens (tertiary/aromatic N) is 1. The number of rotatable bonds is 5. The first-order valence-electron chi connectivity index (χ1n) is 8.10. The third-order valence-corrected chi connectivity index (χ3v) is 3.64. The van der Waals surface area contributed by atoms with Crippen molar-refractivity contribution < 1.29 is 9.53 Å². The zero-order chi connectivity index (χ0) is 18.2. The number of urea groups is 1. The highest BCUT2D eigenvalue weighted by molar-refractivity contribution is 5.89. The molecule has 2 amide bonds. The Balaban J connectivity index is 1.56. The number of ether oxygens (including phenoxy) is 1. The second-order valence-electron chi connectivity index (χ2n) is 5.53. The van der Waals surface area contributed by atoms with Gasteiger partial charge in [0.1, 0.15) is 17.6 Å². The maximum atomic E-state index is 12.0. The number of benzene rings is 3. The maximum absolute atomic E-state index is 12.0. The minimum atomic E-state index is -0.280. The van der Waals surface area contributed by atoms with Crippen LogP contribution in [0.2, 0.25) is 0 Å². The summed E-state index contributed by atoms with van der Waals surface area (Å²) in [6, 6.07) is 25.5. The lowest BCUT2D eigenvalue weighted by Crippen LogP contribution is -2.28. The number of amides is 2. The molecule has 0 saturated carbocycles. The van der Waals surface area contributed by atoms with Crippen molar-refractivity contribution in [1.82, 2.24) is 5.32 Å². The lowest BCUT2D eigenvalue weighted by Gasteiger charge is -2.10. The van der Waals surface area contributed by atoms with Gasteiger partial charge in [-0.3, -0.25) is 0 Å². The number of anilines is 1. The van der Waals surface area contributed by atoms with Crippen molar-refractivity contribution in [2.45, 2.75) is 6.54 Å². The first-order chi connectivity index (χ1) is 12.7. The zero-order valence-corrected chi connectivity index (χ0v) is 14.0. The van der Waals surface area contributed by atoms with Crippen LogP contribution in [0, 0.1) is 11.3 Å². The smallest absolute Gasteiger partial charge is 0.319 e. The molecule has 0 aromatic heterocycles. The van der Waals surface area contributed by atoms with E-state index in [1.54, 1.807) is 42.5 Å². The highest BCUT2D eigenvalue weighted by atomic mass is 16.5. The Morgan fingerprint density at radius 1 is 0.923 bits per heavy atom. The Morgan fingerprint density at radius 2 is 1.62 bits per heavy atom. The Labute approximate surface area is 151 Å². The van der Waals surface area contributed by atoms with Gasteiger partial charge in [0.15, 0.2) is 0 Å². The standard InChI is InChI=1S/C21H17N3O2/c22-14-17-8-4-5-9-20(17)26-19-12-10-18(11-13-19)24-21(25)23-15-16-6-2-1-3-7-16/h1-13H,15H2,(H2,23,24,25). The van der Waals surface area contributed by atoms with E-state index in [2.05, 4.69) is 16.7 Å². The number of carbonyl (C=O) groups excluding carboxylic acids is 1. The number of hydrogen-bond donors (Lipinski definition) is 2. The van der Waals surface area contributed by atoms with Crippen LogP contribution in [-0.4, -0.2) is 6.03 Å². The van der Waals surface area contributed by atoms with Crippen molar-refractivity contribution >= 4 is 11.7 Å². The van der Waals surface area contributed by atoms with Gasteiger partial charge in [0.25, 0.3) is 0 Å². The molecule has 3 aromatic carbocycles. The molecule has 3 rings (SSSR count). The molecule has 3 aromatic rings. The molecule has 0 aliphatic carbocycles. The number of nitriles is 1. The molecule has 0 aliphatic rings. The van der Waals surface area contributed by atoms with Crippen LogP contribution in [0.25, 0.3) is 0 Å². The van der Waals surface area contributed by atoms with Crippen molar-refractivity contribution in [2.24, 2.45) is 0 Å². The summed E-state index contributed by atoms with van der Waals surface area (Å²) in [5.74, 6) is 1.08. The van der Waals surface area contributed by atoms with Crippen LogP contribution in [0.5, 0.6) is 11.5 Å². The summed E-state index contributed by atoms with van der Waals surface area (Å²) in [5.41, 5.74) is 2.15. The van der Waals surface area contributed by atoms with Crippen LogP contribution in [-0.2, 0) is 6.54 Å². The minimum Gasteiger partial charge on any atom is -0.456 e. The van der Waals surface area contributed by atoms with Crippen molar-refractivity contribution in [3.8, 4) is 17.6 Å². The van der Waals surface area contributed by atoms with E-state index in [9.17, 15) is 4.79 Å². The van der Waals surface area contributed by atoms with E-state index in [1.807, 2.05) is 36.4 Å². The van der Waals surface area contributed by atoms with E-state index in [1.165, 1.54) is 0 Å². The van der Waals surface area contributed by atoms with E-state index in [0.29, 0.717) is 29.3 Å². The van der Waals surface area contributed by atoms with Crippen LogP contribution in [0.3, 0.4) is 0 Å². The summed E-state index contributed by atoms with van der Waals surface area (Å²) in [7, 11) is 0. The molecule has 0 atom stereocenters. The maximum Gasteiger partial charge on any atom is 0.319 e. The van der Waals surface area contributed by atoms with E-state index in [0.717, 1.165) is 5.56 Å². The van der Waals surface area contributed by atoms with E-state index in [4.69, 9.17) is 10.00 Å². The van der Waals surface area contributed by atoms with Gasteiger partial charge in [0.2, 0.25) is 0 Å². The lowest BCUT2D eigenvalue weighted by molar-refractivity contribution is 0.251. The Kier molecular flexibility index (Phi) is 5.48. The Bertz CT molecular complexity index is 916. The number of para-hydroxylation sites is 1. The average Bonchev–Trinajstić information content (AvgIpc) is 2.69. The van der Waals surface area contributed by atoms with Crippen molar-refractivity contribution in [1.29, 1.82) is 5.26 Å². The van der Waals surface area contributed by atoms with Crippen LogP contribution in [0.15, 0.2) is 78.9 Å². The Hall–Kier alpha value is -3.78. The molecular weight excluding hydrogens is 326 g/mol. The molecule has 2 N–H and O–H groups in total. The SMILES string of the molecule is N#Cc1ccccc1Oc1ccc(NC(=O)NCc2ccccc2)cc1. The summed E-state index contributed by atoms with van der Waals surface area (Å²) in [6.45, 7) is 0.457. The molecule has 26 heavy (non-hydrogen) atoms. The fraction of sp³-hybridized carbons (Fsp3) is 0.0476. The summed E-state index contributed by atoms with van der Waals surface area (Å²) in [6.07, 6.45) is 0. The summed E-state index contributed by atoms with van der Waals surface area (Å²) < 4.78 is 5.71. The van der Waals surface area contributed by atoms with E-state index < -0.39 is 0 Å². The molecule has 0 unspecified atom stereocenters. The highest BCUT2D eigenvalue weighted by Crippen LogP contribution is 2.25. The van der Waals surface area contributed by atoms with Gasteiger partial charge in [-0.15, -0.1) is 0 Å². The predicted octanol–water partition coefficient (Wildman–Crippen LogP) is 4.67. The van der Waals surface area contributed by atoms with Crippen LogP contribution in [0.1, 0.15) is 11.1 Å². The molecule has 0 saturated heterocycles. The topological polar surface area (TPSA) is 74.1 Å². The molecule has 0 bridgehead atoms. The fourth-order valence-corrected chi connectivity index (χ4v) is 2.33. The van der Waals surface area contributed by atoms with Gasteiger partial charge in [-0.05, 0) is 42.0 Å². The molecule has 128 valence electrons. The monoisotopic (exact) mass is 343 g/mol. The summed E-state index contributed by atoms with van der Waals surface area (Å²) >= 11 is 0. The van der Waals surface area contributed by atoms with Gasteiger partial charge in [-0.1, -0.05) is 42.5 Å². The highest BCUT2D eigenvalue weighted by Gasteiger charge is 2.05. The van der Waals surface area contributed by atoms with Crippen LogP contribution >= 0.6 is 0 Å². The van der Waals surface area contributed by atoms with Gasteiger partial charge in [0, 0.05) is 12.2 Å². The predicted molar refractivity (Wildman–Crippen MR) is 100.0 cm³/mol. The first kappa shape index (κ1) is 17.1. The zero-order valence-electron chi connectivity index (χ0n) is 14.0. The quantitative estimate of drug-likeness (QED) is 0.707. The minimum absolute atomic E-state index is 0.280. The third-order valence-electron chi connectivity index (χ3n) is 3.64. The number of hydrogen-bond acceptors (Lipinski definition) is 3. The van der Waals surface area contributed by atoms with Gasteiger partial charge < -0.3 is 15.4 Å². The van der Waals surface area contributed by atoms with E-state index in [-0.39, 0.29) is 6.03 Å². The van der Waals surface area contributed by atoms with Gasteiger partial charge in [0.05, 0.1) is 5.56 Å². The average molecular weight is 343 g/mol. The number of carbonyl (C=O) groups is 1. The van der Waals surface area contributed by atoms with E-state index >= 15 is 0 Å². The lowest BCUT2D eigenvalue weighted by atomic mass is 10.2. The molecule has 0 aliphatic heterocycles. The first-order valence-corrected chi connectivity index (χ1v) is 8.10. The molecule has 0 spiro atoms. The molecule has 0 radical (unpaired) electrons. The molecule has 0 fully saturated rings. The van der Waals surface area contributed by atoms with Crippen molar-refractivity contribution in [3.63, 3.8) is 0 Å². The van der Waals surface area contributed by atoms with Gasteiger partial charge in [-0.2, -0.15) is 5.26 Å². The number of nitrogens with one attached hydrogen (secondary N) is 2. The molecule has 5 nitrogen and oxygen atoms in total. The second kappa shape index (κ2) is 8.36. The van der Waals surface area contributed by atoms with Crippen LogP contribution < -0.4 is 15.4 Å². The van der Waals surface area contributed by atoms with Gasteiger partial charge >= 0.3 is 6.03 Å². The molecule has 0 heterocycles. The van der Waals surface area contributed by atoms with Gasteiger partial charge in [-0.25, -0.2) is 4.79 Å².